The van der Waals surface area contributed by atoms with Crippen molar-refractivity contribution in [3.8, 4) is 0 Å². The molecular weight excluding hydrogens is 333 g/mol. The third kappa shape index (κ3) is 3.47. The summed E-state index contributed by atoms with van der Waals surface area (Å²) in [6, 6.07) is 4.21. The standard InChI is InChI=1S/C14H18BrF3N2/c1-2-20(11-4-3-7-19-9-11)13-6-5-10(8-12(13)15)14(16,17)18/h5-6,8,11,19H,2-4,7,9H2,1H3. The molecule has 0 spiro atoms. The molecule has 112 valence electrons. The number of rotatable bonds is 3. The predicted octanol–water partition coefficient (Wildman–Crippen LogP) is 4.05. The maximum Gasteiger partial charge on any atom is 0.416 e. The van der Waals surface area contributed by atoms with Gasteiger partial charge in [-0.1, -0.05) is 0 Å². The molecule has 1 atom stereocenters. The van der Waals surface area contributed by atoms with Gasteiger partial charge in [0.25, 0.3) is 0 Å². The van der Waals surface area contributed by atoms with Gasteiger partial charge in [-0.05, 0) is 60.4 Å². The molecule has 0 radical (unpaired) electrons. The van der Waals surface area contributed by atoms with Crippen LogP contribution in [0.1, 0.15) is 25.3 Å². The smallest absolute Gasteiger partial charge is 0.367 e. The number of benzene rings is 1. The van der Waals surface area contributed by atoms with Crippen molar-refractivity contribution in [2.24, 2.45) is 0 Å². The number of anilines is 1. The molecule has 1 aliphatic rings. The Hall–Kier alpha value is -0.750. The Bertz CT molecular complexity index is 456. The van der Waals surface area contributed by atoms with Gasteiger partial charge in [0.15, 0.2) is 0 Å². The highest BCUT2D eigenvalue weighted by Crippen LogP contribution is 2.36. The molecule has 2 rings (SSSR count). The van der Waals surface area contributed by atoms with Gasteiger partial charge in [0.05, 0.1) is 11.3 Å². The second-order valence-corrected chi connectivity index (χ2v) is 5.80. The second-order valence-electron chi connectivity index (χ2n) is 4.95. The summed E-state index contributed by atoms with van der Waals surface area (Å²) in [6.07, 6.45) is -2.14. The number of piperidine rings is 1. The van der Waals surface area contributed by atoms with Crippen LogP contribution in [0.4, 0.5) is 18.9 Å². The monoisotopic (exact) mass is 350 g/mol. The summed E-state index contributed by atoms with van der Waals surface area (Å²) in [5.74, 6) is 0. The summed E-state index contributed by atoms with van der Waals surface area (Å²) in [6.45, 7) is 4.69. The maximum absolute atomic E-state index is 12.7. The van der Waals surface area contributed by atoms with Crippen LogP contribution in [0.2, 0.25) is 0 Å². The third-order valence-corrected chi connectivity index (χ3v) is 4.27. The van der Waals surface area contributed by atoms with E-state index in [1.165, 1.54) is 0 Å². The molecule has 6 heteroatoms. The quantitative estimate of drug-likeness (QED) is 0.884. The van der Waals surface area contributed by atoms with Crippen LogP contribution in [0.5, 0.6) is 0 Å². The fraction of sp³-hybridized carbons (Fsp3) is 0.571. The first-order chi connectivity index (χ1) is 9.43. The van der Waals surface area contributed by atoms with E-state index in [4.69, 9.17) is 0 Å². The summed E-state index contributed by atoms with van der Waals surface area (Å²) < 4.78 is 38.6. The first kappa shape index (κ1) is 15.6. The molecule has 0 aromatic heterocycles. The van der Waals surface area contributed by atoms with Crippen molar-refractivity contribution in [2.45, 2.75) is 32.0 Å². The molecule has 0 aliphatic carbocycles. The highest BCUT2D eigenvalue weighted by molar-refractivity contribution is 9.10. The van der Waals surface area contributed by atoms with E-state index in [1.54, 1.807) is 6.07 Å². The van der Waals surface area contributed by atoms with Gasteiger partial charge in [0.2, 0.25) is 0 Å². The maximum atomic E-state index is 12.7. The fourth-order valence-electron chi connectivity index (χ4n) is 2.64. The first-order valence-corrected chi connectivity index (χ1v) is 7.57. The van der Waals surface area contributed by atoms with Gasteiger partial charge in [-0.25, -0.2) is 0 Å². The van der Waals surface area contributed by atoms with E-state index in [-0.39, 0.29) is 0 Å². The van der Waals surface area contributed by atoms with Crippen molar-refractivity contribution in [1.29, 1.82) is 0 Å². The number of likely N-dealkylation sites (N-methyl/N-ethyl adjacent to an activating group) is 1. The molecule has 1 aromatic carbocycles. The van der Waals surface area contributed by atoms with E-state index in [2.05, 4.69) is 26.1 Å². The molecule has 1 N–H and O–H groups in total. The van der Waals surface area contributed by atoms with Gasteiger partial charge >= 0.3 is 6.18 Å². The predicted molar refractivity (Wildman–Crippen MR) is 78.1 cm³/mol. The Balaban J connectivity index is 2.26. The summed E-state index contributed by atoms with van der Waals surface area (Å²) in [7, 11) is 0. The van der Waals surface area contributed by atoms with Crippen LogP contribution < -0.4 is 10.2 Å². The minimum atomic E-state index is -4.30. The Kier molecular flexibility index (Phi) is 4.96. The average Bonchev–Trinajstić information content (AvgIpc) is 2.41. The highest BCUT2D eigenvalue weighted by Gasteiger charge is 2.31. The van der Waals surface area contributed by atoms with Crippen molar-refractivity contribution in [3.05, 3.63) is 28.2 Å². The lowest BCUT2D eigenvalue weighted by Crippen LogP contribution is -2.46. The molecule has 0 amide bonds. The molecule has 0 saturated carbocycles. The SMILES string of the molecule is CCN(c1ccc(C(F)(F)F)cc1Br)C1CCCNC1. The average molecular weight is 351 g/mol. The lowest BCUT2D eigenvalue weighted by molar-refractivity contribution is -0.137. The van der Waals surface area contributed by atoms with E-state index in [1.807, 2.05) is 6.92 Å². The van der Waals surface area contributed by atoms with E-state index >= 15 is 0 Å². The summed E-state index contributed by atoms with van der Waals surface area (Å²) in [4.78, 5) is 2.16. The second kappa shape index (κ2) is 6.35. The zero-order chi connectivity index (χ0) is 14.8. The van der Waals surface area contributed by atoms with Crippen molar-refractivity contribution in [3.63, 3.8) is 0 Å². The lowest BCUT2D eigenvalue weighted by atomic mass is 10.0. The topological polar surface area (TPSA) is 15.3 Å². The van der Waals surface area contributed by atoms with Crippen LogP contribution in [0.3, 0.4) is 0 Å². The summed E-state index contributed by atoms with van der Waals surface area (Å²) in [5.41, 5.74) is 0.208. The summed E-state index contributed by atoms with van der Waals surface area (Å²) >= 11 is 3.29. The van der Waals surface area contributed by atoms with Gasteiger partial charge < -0.3 is 10.2 Å². The Morgan fingerprint density at radius 1 is 1.40 bits per heavy atom. The number of hydrogen-bond acceptors (Lipinski definition) is 2. The van der Waals surface area contributed by atoms with Crippen LogP contribution in [0, 0.1) is 0 Å². The van der Waals surface area contributed by atoms with Crippen LogP contribution in [0.15, 0.2) is 22.7 Å². The molecule has 0 bridgehead atoms. The lowest BCUT2D eigenvalue weighted by Gasteiger charge is -2.36. The van der Waals surface area contributed by atoms with Gasteiger partial charge in [-0.15, -0.1) is 0 Å². The third-order valence-electron chi connectivity index (χ3n) is 3.64. The van der Waals surface area contributed by atoms with Gasteiger partial charge in [0.1, 0.15) is 0 Å². The Morgan fingerprint density at radius 3 is 2.65 bits per heavy atom. The number of nitrogens with zero attached hydrogens (tertiary/aromatic N) is 1. The van der Waals surface area contributed by atoms with E-state index in [0.717, 1.165) is 50.3 Å². The zero-order valence-electron chi connectivity index (χ0n) is 11.3. The fourth-order valence-corrected chi connectivity index (χ4v) is 3.25. The molecular formula is C14H18BrF3N2. The minimum Gasteiger partial charge on any atom is -0.367 e. The normalized spacial score (nSPS) is 19.9. The zero-order valence-corrected chi connectivity index (χ0v) is 12.9. The Labute approximate surface area is 125 Å². The van der Waals surface area contributed by atoms with Gasteiger partial charge in [0, 0.05) is 23.6 Å². The number of halogens is 4. The highest BCUT2D eigenvalue weighted by atomic mass is 79.9. The summed E-state index contributed by atoms with van der Waals surface area (Å²) in [5, 5.41) is 3.34. The molecule has 20 heavy (non-hydrogen) atoms. The van der Waals surface area contributed by atoms with E-state index in [9.17, 15) is 13.2 Å². The van der Waals surface area contributed by atoms with E-state index < -0.39 is 11.7 Å². The Morgan fingerprint density at radius 2 is 2.15 bits per heavy atom. The minimum absolute atomic E-state index is 0.335. The molecule has 1 fully saturated rings. The number of nitrogens with one attached hydrogen (secondary N) is 1. The van der Waals surface area contributed by atoms with Gasteiger partial charge in [-0.2, -0.15) is 13.2 Å². The van der Waals surface area contributed by atoms with Crippen LogP contribution in [-0.4, -0.2) is 25.7 Å². The van der Waals surface area contributed by atoms with Crippen molar-refractivity contribution in [1.82, 2.24) is 5.32 Å². The van der Waals surface area contributed by atoms with Crippen molar-refractivity contribution < 1.29 is 13.2 Å². The molecule has 1 aliphatic heterocycles. The number of hydrogen-bond donors (Lipinski definition) is 1. The molecule has 1 heterocycles. The molecule has 1 saturated heterocycles. The van der Waals surface area contributed by atoms with Crippen LogP contribution in [-0.2, 0) is 6.18 Å². The van der Waals surface area contributed by atoms with Crippen LogP contribution in [0.25, 0.3) is 0 Å². The van der Waals surface area contributed by atoms with Crippen molar-refractivity contribution >= 4 is 21.6 Å². The van der Waals surface area contributed by atoms with Crippen molar-refractivity contribution in [2.75, 3.05) is 24.5 Å². The molecule has 1 aromatic rings. The van der Waals surface area contributed by atoms with E-state index in [0.29, 0.717) is 10.5 Å². The number of alkyl halides is 3. The van der Waals surface area contributed by atoms with Gasteiger partial charge in [-0.3, -0.25) is 0 Å². The van der Waals surface area contributed by atoms with Crippen LogP contribution >= 0.6 is 15.9 Å². The molecule has 1 unspecified atom stereocenters. The largest absolute Gasteiger partial charge is 0.416 e. The first-order valence-electron chi connectivity index (χ1n) is 6.77. The molecule has 2 nitrogen and oxygen atoms in total.